The molecule has 0 aromatic heterocycles. The molecule has 202 valence electrons. The Morgan fingerprint density at radius 2 is 1.57 bits per heavy atom. The van der Waals surface area contributed by atoms with E-state index in [4.69, 9.17) is 0 Å². The Hall–Kier alpha value is -3.16. The SMILES string of the molecule is CO/N=C/C(C)(C)NC(=O)c1c(Br)cccc1C(=O)Nc1ccc(C(F)(C(F)(F)F)C(F)(F)F)cc1C. The highest BCUT2D eigenvalue weighted by Gasteiger charge is 2.73. The van der Waals surface area contributed by atoms with Crippen molar-refractivity contribution in [2.75, 3.05) is 12.4 Å². The number of hydrogen-bond acceptors (Lipinski definition) is 4. The molecule has 14 heteroatoms. The summed E-state index contributed by atoms with van der Waals surface area (Å²) in [6, 6.07) is 5.56. The zero-order valence-corrected chi connectivity index (χ0v) is 21.3. The predicted octanol–water partition coefficient (Wildman–Crippen LogP) is 6.44. The number of hydrogen-bond donors (Lipinski definition) is 2. The Bertz CT molecular complexity index is 1200. The van der Waals surface area contributed by atoms with E-state index in [0.29, 0.717) is 6.07 Å². The van der Waals surface area contributed by atoms with Crippen LogP contribution in [0.2, 0.25) is 0 Å². The summed E-state index contributed by atoms with van der Waals surface area (Å²) in [5.74, 6) is -1.60. The van der Waals surface area contributed by atoms with Gasteiger partial charge in [0.1, 0.15) is 7.11 Å². The van der Waals surface area contributed by atoms with Crippen molar-refractivity contribution in [3.05, 3.63) is 63.1 Å². The maximum Gasteiger partial charge on any atom is 0.435 e. The number of carbonyl (C=O) groups is 2. The van der Waals surface area contributed by atoms with Crippen LogP contribution in [0.5, 0.6) is 0 Å². The molecule has 2 N–H and O–H groups in total. The minimum Gasteiger partial charge on any atom is -0.399 e. The Kier molecular flexibility index (Phi) is 8.68. The molecule has 2 rings (SSSR count). The van der Waals surface area contributed by atoms with Crippen LogP contribution in [0.4, 0.5) is 36.4 Å². The second-order valence-electron chi connectivity index (χ2n) is 8.39. The van der Waals surface area contributed by atoms with Gasteiger partial charge >= 0.3 is 18.0 Å². The Morgan fingerprint density at radius 1 is 0.973 bits per heavy atom. The van der Waals surface area contributed by atoms with Gasteiger partial charge in [0.25, 0.3) is 11.8 Å². The summed E-state index contributed by atoms with van der Waals surface area (Å²) in [4.78, 5) is 30.5. The molecule has 0 unspecified atom stereocenters. The first-order valence-electron chi connectivity index (χ1n) is 10.3. The Balaban J connectivity index is 2.43. The number of rotatable bonds is 7. The lowest BCUT2D eigenvalue weighted by molar-refractivity contribution is -0.348. The molecule has 2 aromatic rings. The molecule has 37 heavy (non-hydrogen) atoms. The molecule has 2 amide bonds. The molecule has 0 heterocycles. The maximum absolute atomic E-state index is 14.4. The fraction of sp³-hybridized carbons (Fsp3) is 0.348. The number of amides is 2. The number of benzene rings is 2. The van der Waals surface area contributed by atoms with Gasteiger partial charge in [0, 0.05) is 15.7 Å². The van der Waals surface area contributed by atoms with E-state index in [-0.39, 0.29) is 32.9 Å². The molecule has 0 atom stereocenters. The molecule has 6 nitrogen and oxygen atoms in total. The van der Waals surface area contributed by atoms with Gasteiger partial charge in [-0.3, -0.25) is 9.59 Å². The van der Waals surface area contributed by atoms with Crippen LogP contribution in [0.1, 0.15) is 45.7 Å². The highest BCUT2D eigenvalue weighted by Crippen LogP contribution is 2.53. The Morgan fingerprint density at radius 3 is 2.08 bits per heavy atom. The monoisotopic (exact) mass is 599 g/mol. The van der Waals surface area contributed by atoms with Crippen LogP contribution in [-0.2, 0) is 10.5 Å². The fourth-order valence-corrected chi connectivity index (χ4v) is 3.76. The van der Waals surface area contributed by atoms with Crippen LogP contribution < -0.4 is 10.6 Å². The molecule has 0 aliphatic carbocycles. The molecule has 0 saturated carbocycles. The normalized spacial score (nSPS) is 13.0. The van der Waals surface area contributed by atoms with Gasteiger partial charge in [0.05, 0.1) is 22.9 Å². The number of nitrogens with zero attached hydrogens (tertiary/aromatic N) is 1. The van der Waals surface area contributed by atoms with Gasteiger partial charge in [-0.2, -0.15) is 26.3 Å². The van der Waals surface area contributed by atoms with Crippen molar-refractivity contribution in [1.29, 1.82) is 0 Å². The second kappa shape index (κ2) is 10.7. The summed E-state index contributed by atoms with van der Waals surface area (Å²) < 4.78 is 93.0. The van der Waals surface area contributed by atoms with Crippen molar-refractivity contribution in [2.45, 2.75) is 44.3 Å². The van der Waals surface area contributed by atoms with E-state index < -0.39 is 40.9 Å². The molecule has 2 aromatic carbocycles. The average Bonchev–Trinajstić information content (AvgIpc) is 2.76. The third kappa shape index (κ3) is 6.40. The van der Waals surface area contributed by atoms with Crippen molar-refractivity contribution in [3.63, 3.8) is 0 Å². The molecular formula is C23H21BrF7N3O3. The van der Waals surface area contributed by atoms with Crippen LogP contribution in [0.15, 0.2) is 46.0 Å². The van der Waals surface area contributed by atoms with Gasteiger partial charge < -0.3 is 15.5 Å². The van der Waals surface area contributed by atoms with Gasteiger partial charge in [0.2, 0.25) is 0 Å². The lowest BCUT2D eigenvalue weighted by atomic mass is 9.92. The summed E-state index contributed by atoms with van der Waals surface area (Å²) in [5, 5.41) is 8.56. The lowest BCUT2D eigenvalue weighted by Crippen LogP contribution is -2.50. The summed E-state index contributed by atoms with van der Waals surface area (Å²) in [6.07, 6.45) is -11.2. The van der Waals surface area contributed by atoms with E-state index in [9.17, 15) is 40.3 Å². The highest BCUT2D eigenvalue weighted by molar-refractivity contribution is 9.10. The summed E-state index contributed by atoms with van der Waals surface area (Å²) in [6.45, 7) is 4.29. The van der Waals surface area contributed by atoms with Crippen LogP contribution in [0.3, 0.4) is 0 Å². The molecule has 0 saturated heterocycles. The van der Waals surface area contributed by atoms with E-state index in [0.717, 1.165) is 13.0 Å². The molecule has 0 bridgehead atoms. The topological polar surface area (TPSA) is 79.8 Å². The summed E-state index contributed by atoms with van der Waals surface area (Å²) >= 11 is 3.19. The highest BCUT2D eigenvalue weighted by atomic mass is 79.9. The average molecular weight is 600 g/mol. The predicted molar refractivity (Wildman–Crippen MR) is 125 cm³/mol. The van der Waals surface area contributed by atoms with Crippen LogP contribution >= 0.6 is 15.9 Å². The van der Waals surface area contributed by atoms with Crippen molar-refractivity contribution in [3.8, 4) is 0 Å². The van der Waals surface area contributed by atoms with Crippen molar-refractivity contribution in [1.82, 2.24) is 5.32 Å². The Labute approximate surface area is 215 Å². The second-order valence-corrected chi connectivity index (χ2v) is 9.25. The van der Waals surface area contributed by atoms with Gasteiger partial charge in [-0.15, -0.1) is 0 Å². The van der Waals surface area contributed by atoms with Crippen LogP contribution in [0, 0.1) is 6.92 Å². The standard InChI is InChI=1S/C23H21BrF7N3O3/c1-12-10-13(21(25,22(26,27)28)23(29,30)31)8-9-16(12)33-18(35)14-6-5-7-15(24)17(14)19(36)34-20(2,3)11-32-37-4/h5-11H,1-4H3,(H,33,35)(H,34,36)/b32-11+. The quantitative estimate of drug-likeness (QED) is 0.218. The first kappa shape index (κ1) is 30.1. The van der Waals surface area contributed by atoms with E-state index in [1.807, 2.05) is 0 Å². The summed E-state index contributed by atoms with van der Waals surface area (Å²) in [7, 11) is 1.30. The number of carbonyl (C=O) groups excluding carboxylic acids is 2. The third-order valence-corrected chi connectivity index (χ3v) is 5.72. The number of alkyl halides is 7. The molecule has 0 fully saturated rings. The minimum atomic E-state index is -6.28. The third-order valence-electron chi connectivity index (χ3n) is 5.06. The molecule has 0 radical (unpaired) electrons. The number of nitrogens with one attached hydrogen (secondary N) is 2. The van der Waals surface area contributed by atoms with Gasteiger partial charge in [-0.25, -0.2) is 4.39 Å². The molecule has 0 aliphatic heterocycles. The molecule has 0 spiro atoms. The van der Waals surface area contributed by atoms with Crippen molar-refractivity contribution >= 4 is 39.6 Å². The van der Waals surface area contributed by atoms with Crippen LogP contribution in [-0.4, -0.2) is 43.0 Å². The number of aryl methyl sites for hydroxylation is 1. The molecule has 0 aliphatic rings. The maximum atomic E-state index is 14.4. The van der Waals surface area contributed by atoms with E-state index >= 15 is 0 Å². The van der Waals surface area contributed by atoms with E-state index in [1.54, 1.807) is 13.8 Å². The largest absolute Gasteiger partial charge is 0.435 e. The van der Waals surface area contributed by atoms with Crippen molar-refractivity contribution in [2.24, 2.45) is 5.16 Å². The van der Waals surface area contributed by atoms with Gasteiger partial charge in [0.15, 0.2) is 0 Å². The van der Waals surface area contributed by atoms with Gasteiger partial charge in [-0.1, -0.05) is 23.4 Å². The van der Waals surface area contributed by atoms with Crippen molar-refractivity contribution < 1.29 is 45.2 Å². The zero-order chi connectivity index (χ0) is 28.4. The van der Waals surface area contributed by atoms with Crippen LogP contribution in [0.25, 0.3) is 0 Å². The van der Waals surface area contributed by atoms with E-state index in [2.05, 4.69) is 36.6 Å². The van der Waals surface area contributed by atoms with Gasteiger partial charge in [-0.05, 0) is 60.5 Å². The first-order valence-corrected chi connectivity index (χ1v) is 11.1. The van der Waals surface area contributed by atoms with E-state index in [1.165, 1.54) is 31.5 Å². The zero-order valence-electron chi connectivity index (χ0n) is 19.7. The number of oxime groups is 1. The molecular weight excluding hydrogens is 579 g/mol. The smallest absolute Gasteiger partial charge is 0.399 e. The number of anilines is 1. The minimum absolute atomic E-state index is 0.106. The first-order chi connectivity index (χ1) is 16.9. The lowest BCUT2D eigenvalue weighted by Gasteiger charge is -2.30. The summed E-state index contributed by atoms with van der Waals surface area (Å²) in [5.41, 5.74) is -9.05. The number of halogens is 8. The fourth-order valence-electron chi connectivity index (χ4n) is 3.21.